The fraction of sp³-hybridized carbons (Fsp3) is 0.286. The Morgan fingerprint density at radius 2 is 2.10 bits per heavy atom. The van der Waals surface area contributed by atoms with E-state index in [4.69, 9.17) is 5.26 Å². The molecule has 1 unspecified atom stereocenters. The summed E-state index contributed by atoms with van der Waals surface area (Å²) in [4.78, 5) is 4.31. The zero-order valence-corrected chi connectivity index (χ0v) is 12.1. The quantitative estimate of drug-likeness (QED) is 0.907. The van der Waals surface area contributed by atoms with Crippen LogP contribution in [0.1, 0.15) is 34.8 Å². The van der Waals surface area contributed by atoms with Gasteiger partial charge in [0.25, 0.3) is 0 Å². The summed E-state index contributed by atoms with van der Waals surface area (Å²) in [6, 6.07) is 4.69. The summed E-state index contributed by atoms with van der Waals surface area (Å²) in [7, 11) is 0. The van der Waals surface area contributed by atoms with E-state index in [-0.39, 0.29) is 11.6 Å². The lowest BCUT2D eigenvalue weighted by atomic mass is 10.1. The molecule has 0 aliphatic carbocycles. The van der Waals surface area contributed by atoms with Crippen LogP contribution in [0, 0.1) is 18.3 Å². The summed E-state index contributed by atoms with van der Waals surface area (Å²) in [6.07, 6.45) is -4.46. The zero-order valence-electron chi connectivity index (χ0n) is 11.3. The summed E-state index contributed by atoms with van der Waals surface area (Å²) >= 11 is 1.46. The largest absolute Gasteiger partial charge is 0.416 e. The van der Waals surface area contributed by atoms with Gasteiger partial charge in [0.2, 0.25) is 0 Å². The molecule has 0 amide bonds. The fourth-order valence-electron chi connectivity index (χ4n) is 1.80. The minimum atomic E-state index is -4.46. The number of aryl methyl sites for hydroxylation is 1. The van der Waals surface area contributed by atoms with E-state index in [1.807, 2.05) is 19.2 Å². The zero-order chi connectivity index (χ0) is 15.6. The monoisotopic (exact) mass is 311 g/mol. The van der Waals surface area contributed by atoms with Crippen molar-refractivity contribution in [3.05, 3.63) is 45.4 Å². The highest BCUT2D eigenvalue weighted by Crippen LogP contribution is 2.32. The van der Waals surface area contributed by atoms with Crippen LogP contribution in [0.15, 0.2) is 23.6 Å². The first-order valence-corrected chi connectivity index (χ1v) is 6.99. The Morgan fingerprint density at radius 1 is 1.38 bits per heavy atom. The maximum absolute atomic E-state index is 12.6. The molecule has 0 saturated heterocycles. The summed E-state index contributed by atoms with van der Waals surface area (Å²) in [5.41, 5.74) is 0.384. The van der Waals surface area contributed by atoms with Crippen LogP contribution in [0.3, 0.4) is 0 Å². The Bertz CT molecular complexity index is 686. The highest BCUT2D eigenvalue weighted by Gasteiger charge is 2.31. The van der Waals surface area contributed by atoms with E-state index in [1.165, 1.54) is 17.4 Å². The number of nitrogens with one attached hydrogen (secondary N) is 1. The van der Waals surface area contributed by atoms with Gasteiger partial charge in [-0.15, -0.1) is 11.3 Å². The lowest BCUT2D eigenvalue weighted by Crippen LogP contribution is -2.10. The number of nitriles is 1. The Kier molecular flexibility index (Phi) is 4.19. The van der Waals surface area contributed by atoms with Crippen molar-refractivity contribution < 1.29 is 13.2 Å². The average molecular weight is 311 g/mol. The summed E-state index contributed by atoms with van der Waals surface area (Å²) in [6.45, 7) is 3.71. The van der Waals surface area contributed by atoms with Gasteiger partial charge in [0, 0.05) is 11.1 Å². The van der Waals surface area contributed by atoms with E-state index in [9.17, 15) is 13.2 Å². The molecular weight excluding hydrogens is 299 g/mol. The van der Waals surface area contributed by atoms with Crippen molar-refractivity contribution in [3.63, 3.8) is 0 Å². The van der Waals surface area contributed by atoms with E-state index in [0.29, 0.717) is 5.69 Å². The number of rotatable bonds is 3. The van der Waals surface area contributed by atoms with Crippen LogP contribution >= 0.6 is 11.3 Å². The second kappa shape index (κ2) is 5.74. The van der Waals surface area contributed by atoms with Gasteiger partial charge in [0.05, 0.1) is 22.9 Å². The van der Waals surface area contributed by atoms with Gasteiger partial charge in [-0.25, -0.2) is 4.98 Å². The summed E-state index contributed by atoms with van der Waals surface area (Å²) in [5, 5.41) is 14.8. The first-order chi connectivity index (χ1) is 9.81. The van der Waals surface area contributed by atoms with E-state index < -0.39 is 11.7 Å². The molecule has 0 radical (unpaired) electrons. The molecule has 0 saturated carbocycles. The van der Waals surface area contributed by atoms with Crippen LogP contribution in [0.25, 0.3) is 0 Å². The van der Waals surface area contributed by atoms with Crippen LogP contribution in [0.5, 0.6) is 0 Å². The maximum Gasteiger partial charge on any atom is 0.416 e. The normalized spacial score (nSPS) is 12.8. The molecule has 1 N–H and O–H groups in total. The van der Waals surface area contributed by atoms with Crippen molar-refractivity contribution >= 4 is 17.0 Å². The topological polar surface area (TPSA) is 48.7 Å². The summed E-state index contributed by atoms with van der Waals surface area (Å²) in [5.74, 6) is 0. The van der Waals surface area contributed by atoms with Crippen LogP contribution in [0.4, 0.5) is 18.9 Å². The first kappa shape index (κ1) is 15.3. The van der Waals surface area contributed by atoms with Crippen molar-refractivity contribution in [2.75, 3.05) is 5.32 Å². The van der Waals surface area contributed by atoms with Gasteiger partial charge in [0.15, 0.2) is 0 Å². The molecule has 1 heterocycles. The Morgan fingerprint density at radius 3 is 2.62 bits per heavy atom. The number of hydrogen-bond acceptors (Lipinski definition) is 4. The average Bonchev–Trinajstić information content (AvgIpc) is 2.84. The molecule has 3 nitrogen and oxygen atoms in total. The Balaban J connectivity index is 2.26. The number of halogens is 3. The van der Waals surface area contributed by atoms with E-state index in [1.54, 1.807) is 6.07 Å². The fourth-order valence-corrected chi connectivity index (χ4v) is 2.61. The standard InChI is InChI=1S/C14H12F3N3S/c1-8-7-21-13(19-8)9(2)20-12-4-3-11(14(15,16)17)5-10(12)6-18/h3-5,7,9,20H,1-2H3. The SMILES string of the molecule is Cc1csc(C(C)Nc2ccc(C(F)(F)F)cc2C#N)n1. The number of nitrogens with zero attached hydrogens (tertiary/aromatic N) is 2. The van der Waals surface area contributed by atoms with Crippen LogP contribution < -0.4 is 5.32 Å². The molecule has 21 heavy (non-hydrogen) atoms. The molecule has 0 bridgehead atoms. The molecule has 1 atom stereocenters. The van der Waals surface area contributed by atoms with E-state index in [2.05, 4.69) is 10.3 Å². The molecule has 1 aromatic carbocycles. The van der Waals surface area contributed by atoms with Crippen molar-refractivity contribution in [3.8, 4) is 6.07 Å². The molecule has 2 rings (SSSR count). The van der Waals surface area contributed by atoms with E-state index >= 15 is 0 Å². The van der Waals surface area contributed by atoms with Crippen molar-refractivity contribution in [1.29, 1.82) is 5.26 Å². The van der Waals surface area contributed by atoms with Crippen LogP contribution in [0.2, 0.25) is 0 Å². The molecule has 7 heteroatoms. The van der Waals surface area contributed by atoms with Crippen LogP contribution in [-0.4, -0.2) is 4.98 Å². The van der Waals surface area contributed by atoms with Gasteiger partial charge in [0.1, 0.15) is 11.1 Å². The number of thiazole rings is 1. The van der Waals surface area contributed by atoms with Crippen LogP contribution in [-0.2, 0) is 6.18 Å². The van der Waals surface area contributed by atoms with Crippen molar-refractivity contribution in [1.82, 2.24) is 4.98 Å². The van der Waals surface area contributed by atoms with Crippen molar-refractivity contribution in [2.45, 2.75) is 26.1 Å². The molecule has 0 aliphatic rings. The van der Waals surface area contributed by atoms with Gasteiger partial charge in [-0.1, -0.05) is 0 Å². The summed E-state index contributed by atoms with van der Waals surface area (Å²) < 4.78 is 37.9. The van der Waals surface area contributed by atoms with Gasteiger partial charge in [-0.3, -0.25) is 0 Å². The smallest absolute Gasteiger partial charge is 0.375 e. The maximum atomic E-state index is 12.6. The number of aromatic nitrogens is 1. The molecule has 0 spiro atoms. The number of alkyl halides is 3. The minimum absolute atomic E-state index is 0.0371. The first-order valence-electron chi connectivity index (χ1n) is 6.11. The lowest BCUT2D eigenvalue weighted by Gasteiger charge is -2.15. The minimum Gasteiger partial charge on any atom is -0.375 e. The molecule has 0 aliphatic heterocycles. The second-order valence-corrected chi connectivity index (χ2v) is 5.45. The second-order valence-electron chi connectivity index (χ2n) is 4.56. The molecule has 0 fully saturated rings. The van der Waals surface area contributed by atoms with Crippen molar-refractivity contribution in [2.24, 2.45) is 0 Å². The van der Waals surface area contributed by atoms with Gasteiger partial charge in [-0.05, 0) is 32.0 Å². The highest BCUT2D eigenvalue weighted by molar-refractivity contribution is 7.09. The van der Waals surface area contributed by atoms with E-state index in [0.717, 1.165) is 22.8 Å². The molecular formula is C14H12F3N3S. The number of benzene rings is 1. The third kappa shape index (κ3) is 3.52. The predicted octanol–water partition coefficient (Wildman–Crippen LogP) is 4.52. The highest BCUT2D eigenvalue weighted by atomic mass is 32.1. The molecule has 2 aromatic rings. The molecule has 1 aromatic heterocycles. The predicted molar refractivity (Wildman–Crippen MR) is 75.0 cm³/mol. The molecule has 110 valence electrons. The Labute approximate surface area is 124 Å². The Hall–Kier alpha value is -2.07. The van der Waals surface area contributed by atoms with Gasteiger partial charge in [-0.2, -0.15) is 18.4 Å². The van der Waals surface area contributed by atoms with Gasteiger partial charge >= 0.3 is 6.18 Å². The number of hydrogen-bond donors (Lipinski definition) is 1. The van der Waals surface area contributed by atoms with Gasteiger partial charge < -0.3 is 5.32 Å². The third-order valence-corrected chi connectivity index (χ3v) is 3.99. The number of anilines is 1. The third-order valence-electron chi connectivity index (χ3n) is 2.85. The lowest BCUT2D eigenvalue weighted by molar-refractivity contribution is -0.137.